The smallest absolute Gasteiger partial charge is 0.121 e. The summed E-state index contributed by atoms with van der Waals surface area (Å²) in [5.74, 6) is 1.66. The van der Waals surface area contributed by atoms with Gasteiger partial charge in [-0.3, -0.25) is 0 Å². The van der Waals surface area contributed by atoms with Gasteiger partial charge in [0.15, 0.2) is 0 Å². The summed E-state index contributed by atoms with van der Waals surface area (Å²) in [5.41, 5.74) is 5.81. The molecule has 0 N–H and O–H groups in total. The van der Waals surface area contributed by atoms with Crippen LogP contribution in [0.1, 0.15) is 29.1 Å². The van der Waals surface area contributed by atoms with Gasteiger partial charge in [0.1, 0.15) is 5.75 Å². The average molecular weight is 663 g/mol. The van der Waals surface area contributed by atoms with Crippen molar-refractivity contribution < 1.29 is 27.6 Å². The van der Waals surface area contributed by atoms with E-state index in [-0.39, 0.29) is 20.1 Å². The Morgan fingerprint density at radius 3 is 2.35 bits per heavy atom. The van der Waals surface area contributed by atoms with Crippen LogP contribution in [-0.2, 0) is 26.5 Å². The second-order valence-corrected chi connectivity index (χ2v) is 9.49. The number of pyridine rings is 2. The molecule has 0 fully saturated rings. The monoisotopic (exact) mass is 663 g/mol. The molecular formula is C33H28IrN2O-2. The number of benzene rings is 3. The van der Waals surface area contributed by atoms with E-state index in [9.17, 15) is 0 Å². The molecule has 1 radical (unpaired) electrons. The van der Waals surface area contributed by atoms with Crippen LogP contribution in [0.3, 0.4) is 0 Å². The van der Waals surface area contributed by atoms with Gasteiger partial charge in [0, 0.05) is 46.6 Å². The minimum Gasteiger partial charge on any atom is -0.501 e. The van der Waals surface area contributed by atoms with E-state index in [1.807, 2.05) is 93.6 Å². The van der Waals surface area contributed by atoms with Crippen LogP contribution in [0.5, 0.6) is 11.5 Å². The minimum atomic E-state index is -1.40. The quantitative estimate of drug-likeness (QED) is 0.175. The van der Waals surface area contributed by atoms with Crippen molar-refractivity contribution in [2.75, 3.05) is 0 Å². The molecule has 0 saturated carbocycles. The molecule has 1 aliphatic rings. The zero-order chi connectivity index (χ0) is 26.8. The molecular weight excluding hydrogens is 633 g/mol. The van der Waals surface area contributed by atoms with Crippen molar-refractivity contribution in [1.29, 1.82) is 0 Å². The summed E-state index contributed by atoms with van der Waals surface area (Å²) < 4.78 is 22.6. The Bertz CT molecular complexity index is 1500. The van der Waals surface area contributed by atoms with Crippen molar-refractivity contribution in [2.45, 2.75) is 27.1 Å². The maximum Gasteiger partial charge on any atom is 0.121 e. The number of fused-ring (bicyclic) bond motifs is 5. The van der Waals surface area contributed by atoms with Crippen molar-refractivity contribution in [2.24, 2.45) is 5.41 Å². The molecule has 1 aliphatic heterocycles. The zero-order valence-electron chi connectivity index (χ0n) is 23.0. The van der Waals surface area contributed by atoms with Gasteiger partial charge in [-0.2, -0.15) is 0 Å². The number of hydrogen-bond donors (Lipinski definition) is 0. The van der Waals surface area contributed by atoms with Gasteiger partial charge in [0.25, 0.3) is 0 Å². The Morgan fingerprint density at radius 1 is 0.784 bits per heavy atom. The minimum absolute atomic E-state index is 0. The predicted octanol–water partition coefficient (Wildman–Crippen LogP) is 8.46. The molecule has 0 unspecified atom stereocenters. The summed E-state index contributed by atoms with van der Waals surface area (Å²) in [6.45, 7) is 5.71. The Kier molecular flexibility index (Phi) is 7.48. The van der Waals surface area contributed by atoms with Gasteiger partial charge in [0.2, 0.25) is 0 Å². The van der Waals surface area contributed by atoms with Crippen molar-refractivity contribution in [3.05, 3.63) is 121 Å². The largest absolute Gasteiger partial charge is 0.501 e. The maximum atomic E-state index is 8.31. The van der Waals surface area contributed by atoms with Crippen LogP contribution in [0.4, 0.5) is 0 Å². The Hall–Kier alpha value is -3.59. The van der Waals surface area contributed by atoms with Crippen LogP contribution < -0.4 is 4.74 Å². The molecule has 0 amide bonds. The van der Waals surface area contributed by atoms with Gasteiger partial charge < -0.3 is 14.7 Å². The van der Waals surface area contributed by atoms with Gasteiger partial charge in [-0.1, -0.05) is 62.2 Å². The van der Waals surface area contributed by atoms with Crippen LogP contribution in [0.2, 0.25) is 0 Å². The first-order valence-electron chi connectivity index (χ1n) is 12.9. The van der Waals surface area contributed by atoms with E-state index in [2.05, 4.69) is 34.2 Å². The molecule has 2 aromatic heterocycles. The van der Waals surface area contributed by atoms with E-state index in [4.69, 9.17) is 7.48 Å². The fraction of sp³-hybridized carbons (Fsp3) is 0.152. The topological polar surface area (TPSA) is 35.0 Å². The second-order valence-electron chi connectivity index (χ2n) is 9.49. The summed E-state index contributed by atoms with van der Waals surface area (Å²) in [4.78, 5) is 8.82. The van der Waals surface area contributed by atoms with Gasteiger partial charge in [-0.05, 0) is 46.9 Å². The number of nitrogens with zero attached hydrogens (tertiary/aromatic N) is 2. The molecule has 3 aromatic carbocycles. The molecule has 3 nitrogen and oxygen atoms in total. The van der Waals surface area contributed by atoms with E-state index in [1.165, 1.54) is 0 Å². The normalized spacial score (nSPS) is 12.4. The summed E-state index contributed by atoms with van der Waals surface area (Å²) >= 11 is 0. The molecule has 3 heterocycles. The van der Waals surface area contributed by atoms with E-state index in [1.54, 1.807) is 18.5 Å². The number of rotatable bonds is 2. The van der Waals surface area contributed by atoms with Crippen molar-refractivity contribution >= 4 is 0 Å². The molecule has 0 aliphatic carbocycles. The standard InChI is InChI=1S/C17H10NO.C16H18N.Ir/c1-3-9-15-12(6-1)13-8-5-11-18-17(13)14-7-2-4-10-16(14)19-15;1-16(2,3)12-13-9-10-17-15(11-13)14-7-5-4-6-8-14;/h1-6,8-11H;4-7,9-11H,12H2,1-3H3;/q2*-1;/i;12D2;. The van der Waals surface area contributed by atoms with Crippen molar-refractivity contribution in [3.8, 4) is 45.1 Å². The van der Waals surface area contributed by atoms with E-state index < -0.39 is 11.8 Å². The summed E-state index contributed by atoms with van der Waals surface area (Å²) in [5, 5.41) is 0. The van der Waals surface area contributed by atoms with Crippen molar-refractivity contribution in [3.63, 3.8) is 0 Å². The van der Waals surface area contributed by atoms with Crippen LogP contribution in [-0.4, -0.2) is 9.97 Å². The summed E-state index contributed by atoms with van der Waals surface area (Å²) in [6.07, 6.45) is 2.06. The molecule has 187 valence electrons. The third-order valence-electron chi connectivity index (χ3n) is 5.52. The van der Waals surface area contributed by atoms with Gasteiger partial charge in [0.05, 0.1) is 0 Å². The maximum absolute atomic E-state index is 8.31. The first-order chi connectivity index (χ1) is 18.3. The molecule has 0 bridgehead atoms. The van der Waals surface area contributed by atoms with Crippen LogP contribution in [0, 0.1) is 17.5 Å². The van der Waals surface area contributed by atoms with E-state index in [0.29, 0.717) is 5.56 Å². The average Bonchev–Trinajstić information content (AvgIpc) is 3.08. The number of ether oxygens (including phenoxy) is 1. The van der Waals surface area contributed by atoms with Crippen LogP contribution in [0.25, 0.3) is 33.6 Å². The summed E-state index contributed by atoms with van der Waals surface area (Å²) in [6, 6.07) is 35.3. The molecule has 0 saturated heterocycles. The van der Waals surface area contributed by atoms with E-state index in [0.717, 1.165) is 45.1 Å². The third kappa shape index (κ3) is 6.40. The van der Waals surface area contributed by atoms with Crippen LogP contribution in [0.15, 0.2) is 103 Å². The van der Waals surface area contributed by atoms with Gasteiger partial charge in [-0.15, -0.1) is 60.2 Å². The Morgan fingerprint density at radius 2 is 1.54 bits per heavy atom. The van der Waals surface area contributed by atoms with Gasteiger partial charge in [-0.25, -0.2) is 0 Å². The molecule has 37 heavy (non-hydrogen) atoms. The second kappa shape index (κ2) is 11.6. The Balaban J connectivity index is 0.000000176. The van der Waals surface area contributed by atoms with E-state index >= 15 is 0 Å². The molecule has 6 rings (SSSR count). The molecule has 4 heteroatoms. The fourth-order valence-corrected chi connectivity index (χ4v) is 4.05. The number of para-hydroxylation sites is 1. The molecule has 0 spiro atoms. The first kappa shape index (κ1) is 23.8. The van der Waals surface area contributed by atoms with Crippen molar-refractivity contribution in [1.82, 2.24) is 9.97 Å². The Labute approximate surface area is 235 Å². The number of hydrogen-bond acceptors (Lipinski definition) is 3. The first-order valence-corrected chi connectivity index (χ1v) is 11.9. The summed E-state index contributed by atoms with van der Waals surface area (Å²) in [7, 11) is 0. The predicted molar refractivity (Wildman–Crippen MR) is 146 cm³/mol. The van der Waals surface area contributed by atoms with Gasteiger partial charge >= 0.3 is 0 Å². The number of aromatic nitrogens is 2. The third-order valence-corrected chi connectivity index (χ3v) is 5.52. The van der Waals surface area contributed by atoms with Crippen LogP contribution >= 0.6 is 0 Å². The fourth-order valence-electron chi connectivity index (χ4n) is 4.05. The molecule has 5 aromatic rings. The molecule has 0 atom stereocenters. The SMILES string of the molecule is [2H]C([2H])(c1ccnc(-c2[c-]cccc2)c1)C(C)(C)C.[Ir].[c-]1cccc2c1-c1ncccc1-c1ccccc1O2. The zero-order valence-corrected chi connectivity index (χ0v) is 23.3.